The van der Waals surface area contributed by atoms with Gasteiger partial charge >= 0.3 is 5.97 Å². The molecule has 0 aliphatic rings. The van der Waals surface area contributed by atoms with Gasteiger partial charge in [-0.25, -0.2) is 4.79 Å². The Morgan fingerprint density at radius 3 is 2.62 bits per heavy atom. The summed E-state index contributed by atoms with van der Waals surface area (Å²) < 4.78 is 5.31. The smallest absolute Gasteiger partial charge is 0.385 e. The summed E-state index contributed by atoms with van der Waals surface area (Å²) in [6, 6.07) is 9.71. The quantitative estimate of drug-likeness (QED) is 0.342. The molecule has 0 N–H and O–H groups in total. The highest BCUT2D eigenvalue weighted by atomic mass is 16.5. The second-order valence-corrected chi connectivity index (χ2v) is 4.75. The molecular formula is C19H22O2. The molecule has 1 atom stereocenters. The monoisotopic (exact) mass is 282 g/mol. The summed E-state index contributed by atoms with van der Waals surface area (Å²) in [7, 11) is 0. The Morgan fingerprint density at radius 2 is 1.95 bits per heavy atom. The van der Waals surface area contributed by atoms with Gasteiger partial charge in [0.25, 0.3) is 0 Å². The number of hydrogen-bond donors (Lipinski definition) is 0. The normalized spacial score (nSPS) is 10.6. The van der Waals surface area contributed by atoms with Gasteiger partial charge in [0.15, 0.2) is 6.10 Å². The maximum absolute atomic E-state index is 11.5. The van der Waals surface area contributed by atoms with Crippen LogP contribution in [0.1, 0.15) is 51.5 Å². The first-order valence-electron chi connectivity index (χ1n) is 7.46. The number of ether oxygens (including phenoxy) is 1. The zero-order valence-corrected chi connectivity index (χ0v) is 12.8. The lowest BCUT2D eigenvalue weighted by molar-refractivity contribution is -0.139. The Hall–Kier alpha value is -2.19. The van der Waals surface area contributed by atoms with E-state index >= 15 is 0 Å². The Kier molecular flexibility index (Phi) is 8.50. The molecule has 2 nitrogen and oxygen atoms in total. The number of unbranched alkanes of at least 4 members (excludes halogenated alkanes) is 3. The minimum absolute atomic E-state index is 0.379. The topological polar surface area (TPSA) is 26.3 Å². The highest BCUT2D eigenvalue weighted by Gasteiger charge is 2.09. The van der Waals surface area contributed by atoms with Gasteiger partial charge in [0.05, 0.1) is 0 Å². The predicted octanol–water partition coefficient (Wildman–Crippen LogP) is 3.94. The molecule has 0 bridgehead atoms. The van der Waals surface area contributed by atoms with E-state index in [1.165, 1.54) is 12.8 Å². The van der Waals surface area contributed by atoms with Crippen molar-refractivity contribution < 1.29 is 9.53 Å². The van der Waals surface area contributed by atoms with Crippen LogP contribution >= 0.6 is 0 Å². The fourth-order valence-corrected chi connectivity index (χ4v) is 1.86. The molecule has 0 heterocycles. The molecule has 0 radical (unpaired) electrons. The molecule has 0 fully saturated rings. The van der Waals surface area contributed by atoms with Gasteiger partial charge in [-0.3, -0.25) is 0 Å². The molecule has 0 amide bonds. The summed E-state index contributed by atoms with van der Waals surface area (Å²) >= 11 is 0. The van der Waals surface area contributed by atoms with Crippen LogP contribution in [0.2, 0.25) is 0 Å². The standard InChI is InChI=1S/C19H22O2/c1-3-5-6-10-14-18(21-19(20)11-4-2)16-15-17-12-8-7-9-13-17/h7-9,12-13,18H,3,5-6,10,14H2,1-2H3. The molecule has 1 aromatic carbocycles. The van der Waals surface area contributed by atoms with E-state index in [1.807, 2.05) is 30.3 Å². The molecule has 0 aliphatic heterocycles. The third-order valence-corrected chi connectivity index (χ3v) is 2.95. The fraction of sp³-hybridized carbons (Fsp3) is 0.421. The minimum atomic E-state index is -0.500. The van der Waals surface area contributed by atoms with Gasteiger partial charge in [0.1, 0.15) is 0 Å². The number of esters is 1. The molecular weight excluding hydrogens is 260 g/mol. The van der Waals surface area contributed by atoms with Crippen LogP contribution in [0.4, 0.5) is 0 Å². The maximum Gasteiger partial charge on any atom is 0.385 e. The fourth-order valence-electron chi connectivity index (χ4n) is 1.86. The van der Waals surface area contributed by atoms with Crippen LogP contribution in [0.3, 0.4) is 0 Å². The Balaban J connectivity index is 2.64. The minimum Gasteiger partial charge on any atom is -0.440 e. The second kappa shape index (κ2) is 10.6. The van der Waals surface area contributed by atoms with Crippen molar-refractivity contribution in [1.29, 1.82) is 0 Å². The summed E-state index contributed by atoms with van der Waals surface area (Å²) in [5.74, 6) is 10.5. The van der Waals surface area contributed by atoms with Gasteiger partial charge in [-0.15, -0.1) is 0 Å². The summed E-state index contributed by atoms with van der Waals surface area (Å²) in [5, 5.41) is 0. The lowest BCUT2D eigenvalue weighted by atomic mass is 10.1. The number of benzene rings is 1. The zero-order valence-electron chi connectivity index (χ0n) is 12.8. The van der Waals surface area contributed by atoms with Crippen LogP contribution in [0.5, 0.6) is 0 Å². The van der Waals surface area contributed by atoms with Crippen molar-refractivity contribution in [2.75, 3.05) is 0 Å². The van der Waals surface area contributed by atoms with Crippen molar-refractivity contribution in [3.8, 4) is 23.7 Å². The molecule has 110 valence electrons. The highest BCUT2D eigenvalue weighted by Crippen LogP contribution is 2.08. The molecule has 0 saturated heterocycles. The summed E-state index contributed by atoms with van der Waals surface area (Å²) in [5.41, 5.74) is 0.925. The third-order valence-electron chi connectivity index (χ3n) is 2.95. The molecule has 1 aromatic rings. The van der Waals surface area contributed by atoms with E-state index in [0.717, 1.165) is 24.8 Å². The van der Waals surface area contributed by atoms with E-state index in [0.29, 0.717) is 0 Å². The van der Waals surface area contributed by atoms with Crippen LogP contribution in [0.25, 0.3) is 0 Å². The number of carbonyl (C=O) groups excluding carboxylic acids is 1. The van der Waals surface area contributed by atoms with Gasteiger partial charge in [-0.1, -0.05) is 62.1 Å². The first-order chi connectivity index (χ1) is 10.3. The van der Waals surface area contributed by atoms with Crippen molar-refractivity contribution >= 4 is 5.97 Å². The van der Waals surface area contributed by atoms with Gasteiger partial charge in [-0.05, 0) is 31.9 Å². The third kappa shape index (κ3) is 7.85. The molecule has 21 heavy (non-hydrogen) atoms. The number of carbonyl (C=O) groups is 1. The first-order valence-corrected chi connectivity index (χ1v) is 7.46. The molecule has 0 spiro atoms. The number of hydrogen-bond acceptors (Lipinski definition) is 2. The second-order valence-electron chi connectivity index (χ2n) is 4.75. The molecule has 0 aromatic heterocycles. The van der Waals surface area contributed by atoms with Crippen molar-refractivity contribution in [3.63, 3.8) is 0 Å². The van der Waals surface area contributed by atoms with Crippen molar-refractivity contribution in [2.24, 2.45) is 0 Å². The van der Waals surface area contributed by atoms with Crippen molar-refractivity contribution in [2.45, 2.75) is 52.1 Å². The van der Waals surface area contributed by atoms with Gasteiger partial charge in [-0.2, -0.15) is 0 Å². The lowest BCUT2D eigenvalue weighted by Gasteiger charge is -2.10. The Bertz CT molecular complexity index is 538. The van der Waals surface area contributed by atoms with E-state index in [9.17, 15) is 4.79 Å². The van der Waals surface area contributed by atoms with Crippen LogP contribution in [0, 0.1) is 23.7 Å². The van der Waals surface area contributed by atoms with Gasteiger partial charge in [0, 0.05) is 11.5 Å². The van der Waals surface area contributed by atoms with E-state index in [1.54, 1.807) is 6.92 Å². The largest absolute Gasteiger partial charge is 0.440 e. The van der Waals surface area contributed by atoms with Gasteiger partial charge < -0.3 is 4.74 Å². The van der Waals surface area contributed by atoms with E-state index in [4.69, 9.17) is 4.74 Å². The van der Waals surface area contributed by atoms with Crippen molar-refractivity contribution in [1.82, 2.24) is 0 Å². The molecule has 1 unspecified atom stereocenters. The summed E-state index contributed by atoms with van der Waals surface area (Å²) in [6.45, 7) is 3.79. The predicted molar refractivity (Wildman–Crippen MR) is 85.4 cm³/mol. The summed E-state index contributed by atoms with van der Waals surface area (Å²) in [6.07, 6.45) is 4.90. The Labute approximate surface area is 127 Å². The molecule has 0 aliphatic carbocycles. The van der Waals surface area contributed by atoms with Crippen LogP contribution in [-0.4, -0.2) is 12.1 Å². The SMILES string of the molecule is CC#CC(=O)OC(C#Cc1ccccc1)CCCCCC. The number of rotatable bonds is 6. The molecule has 2 heteroatoms. The van der Waals surface area contributed by atoms with E-state index in [2.05, 4.69) is 30.6 Å². The maximum atomic E-state index is 11.5. The van der Waals surface area contributed by atoms with Gasteiger partial charge in [0.2, 0.25) is 0 Å². The van der Waals surface area contributed by atoms with E-state index in [-0.39, 0.29) is 6.10 Å². The molecule has 0 saturated carbocycles. The van der Waals surface area contributed by atoms with Crippen molar-refractivity contribution in [3.05, 3.63) is 35.9 Å². The average molecular weight is 282 g/mol. The highest BCUT2D eigenvalue weighted by molar-refractivity contribution is 5.88. The summed E-state index contributed by atoms with van der Waals surface area (Å²) in [4.78, 5) is 11.5. The zero-order chi connectivity index (χ0) is 15.3. The average Bonchev–Trinajstić information content (AvgIpc) is 2.50. The van der Waals surface area contributed by atoms with Crippen LogP contribution < -0.4 is 0 Å². The van der Waals surface area contributed by atoms with Crippen LogP contribution in [0.15, 0.2) is 30.3 Å². The molecule has 1 rings (SSSR count). The van der Waals surface area contributed by atoms with Crippen LogP contribution in [-0.2, 0) is 9.53 Å². The van der Waals surface area contributed by atoms with E-state index < -0.39 is 5.97 Å². The Morgan fingerprint density at radius 1 is 1.19 bits per heavy atom. The lowest BCUT2D eigenvalue weighted by Crippen LogP contribution is -2.15. The first kappa shape index (κ1) is 16.9.